The Bertz CT molecular complexity index is 1350. The molecule has 10 heteroatoms. The highest BCUT2D eigenvalue weighted by Crippen LogP contribution is 2.37. The number of tetrazole rings is 1. The van der Waals surface area contributed by atoms with Gasteiger partial charge < -0.3 is 9.64 Å². The van der Waals surface area contributed by atoms with Crippen molar-refractivity contribution in [3.05, 3.63) is 70.3 Å². The highest BCUT2D eigenvalue weighted by atomic mass is 19.1. The van der Waals surface area contributed by atoms with Crippen LogP contribution in [0.3, 0.4) is 0 Å². The van der Waals surface area contributed by atoms with Gasteiger partial charge in [0.2, 0.25) is 5.91 Å². The molecule has 3 heterocycles. The number of benzene rings is 2. The number of fused-ring (bicyclic) bond motifs is 2. The summed E-state index contributed by atoms with van der Waals surface area (Å²) < 4.78 is 21.8. The summed E-state index contributed by atoms with van der Waals surface area (Å²) in [6.45, 7) is 4.99. The summed E-state index contributed by atoms with van der Waals surface area (Å²) in [6.07, 6.45) is 3.02. The second-order valence-electron chi connectivity index (χ2n) is 9.73. The van der Waals surface area contributed by atoms with Crippen LogP contribution in [0.4, 0.5) is 4.39 Å². The molecule has 184 valence electrons. The Labute approximate surface area is 208 Å². The van der Waals surface area contributed by atoms with E-state index in [-0.39, 0.29) is 29.5 Å². The fourth-order valence-electron chi connectivity index (χ4n) is 5.86. The van der Waals surface area contributed by atoms with Gasteiger partial charge in [-0.1, -0.05) is 12.1 Å². The number of carbonyl (C=O) groups is 1. The van der Waals surface area contributed by atoms with E-state index >= 15 is 0 Å². The molecule has 2 saturated heterocycles. The van der Waals surface area contributed by atoms with Crippen molar-refractivity contribution >= 4 is 5.91 Å². The summed E-state index contributed by atoms with van der Waals surface area (Å²) in [5.74, 6) is -0.448. The zero-order valence-electron chi connectivity index (χ0n) is 20.0. The zero-order valence-corrected chi connectivity index (χ0v) is 20.0. The number of ether oxygens (including phenoxy) is 1. The number of halogens is 1. The molecule has 1 aliphatic carbocycles. The highest BCUT2D eigenvalue weighted by Gasteiger charge is 2.39. The number of piperazine rings is 1. The van der Waals surface area contributed by atoms with Crippen LogP contribution in [0.1, 0.15) is 46.3 Å². The summed E-state index contributed by atoms with van der Waals surface area (Å²) in [5, 5.41) is 20.7. The molecule has 36 heavy (non-hydrogen) atoms. The SMILES string of the molecule is Cc1c([C@@H]2CN3CCN(C(=O)[C@@H]4CCc5cc(-n6cnnn6)ccc54)C[C@H]3CO2)ccc(F)c1C#N. The maximum atomic E-state index is 14.0. The molecular weight excluding hydrogens is 461 g/mol. The second-order valence-corrected chi connectivity index (χ2v) is 9.73. The standard InChI is InChI=1S/C26H26FN7O2/c1-16-20(6-7-24(27)23(16)11-28)25-13-32-8-9-33(12-19(32)14-36-25)26(35)22-4-2-17-10-18(3-5-21(17)22)34-15-29-30-31-34/h3,5-7,10,15,19,22,25H,2,4,8-9,12-14H2,1H3/t19-,22+,25-/m0/s1. The second kappa shape index (κ2) is 9.08. The minimum atomic E-state index is -0.500. The number of aryl methyl sites for hydroxylation is 1. The van der Waals surface area contributed by atoms with Gasteiger partial charge in [-0.25, -0.2) is 9.07 Å². The quantitative estimate of drug-likeness (QED) is 0.559. The first kappa shape index (κ1) is 22.8. The Kier molecular flexibility index (Phi) is 5.74. The van der Waals surface area contributed by atoms with Crippen LogP contribution in [0, 0.1) is 24.1 Å². The third-order valence-corrected chi connectivity index (χ3v) is 7.84. The predicted octanol–water partition coefficient (Wildman–Crippen LogP) is 2.30. The lowest BCUT2D eigenvalue weighted by Crippen LogP contribution is -2.60. The number of rotatable bonds is 3. The summed E-state index contributed by atoms with van der Waals surface area (Å²) >= 11 is 0. The fraction of sp³-hybridized carbons (Fsp3) is 0.423. The molecule has 3 aliphatic rings. The van der Waals surface area contributed by atoms with Crippen molar-refractivity contribution < 1.29 is 13.9 Å². The van der Waals surface area contributed by atoms with Gasteiger partial charge in [0.15, 0.2) is 0 Å². The van der Waals surface area contributed by atoms with Gasteiger partial charge in [-0.15, -0.1) is 5.10 Å². The molecule has 9 nitrogen and oxygen atoms in total. The van der Waals surface area contributed by atoms with Crippen LogP contribution >= 0.6 is 0 Å². The van der Waals surface area contributed by atoms with E-state index < -0.39 is 5.82 Å². The smallest absolute Gasteiger partial charge is 0.230 e. The Morgan fingerprint density at radius 1 is 1.19 bits per heavy atom. The average molecular weight is 488 g/mol. The summed E-state index contributed by atoms with van der Waals surface area (Å²) in [5.41, 5.74) is 4.74. The van der Waals surface area contributed by atoms with Crippen LogP contribution in [0.2, 0.25) is 0 Å². The van der Waals surface area contributed by atoms with E-state index in [9.17, 15) is 14.4 Å². The van der Waals surface area contributed by atoms with E-state index in [1.807, 2.05) is 23.1 Å². The number of hydrogen-bond acceptors (Lipinski definition) is 7. The first-order chi connectivity index (χ1) is 17.5. The average Bonchev–Trinajstić information content (AvgIpc) is 3.58. The molecule has 0 spiro atoms. The number of hydrogen-bond donors (Lipinski definition) is 0. The molecule has 3 aromatic rings. The van der Waals surface area contributed by atoms with Crippen molar-refractivity contribution in [3.8, 4) is 11.8 Å². The van der Waals surface area contributed by atoms with Crippen molar-refractivity contribution in [2.45, 2.75) is 37.8 Å². The Hall–Kier alpha value is -3.68. The Balaban J connectivity index is 1.12. The van der Waals surface area contributed by atoms with E-state index in [0.29, 0.717) is 31.8 Å². The minimum Gasteiger partial charge on any atom is -0.370 e. The normalized spacial score (nSPS) is 23.7. The molecular formula is C26H26FN7O2. The van der Waals surface area contributed by atoms with Crippen molar-refractivity contribution in [1.82, 2.24) is 30.0 Å². The van der Waals surface area contributed by atoms with Gasteiger partial charge in [0, 0.05) is 26.2 Å². The molecule has 0 saturated carbocycles. The molecule has 6 rings (SSSR count). The van der Waals surface area contributed by atoms with E-state index in [2.05, 4.69) is 26.5 Å². The molecule has 2 fully saturated rings. The number of carbonyl (C=O) groups excluding carboxylic acids is 1. The van der Waals surface area contributed by atoms with Gasteiger partial charge >= 0.3 is 0 Å². The maximum absolute atomic E-state index is 14.0. The number of nitriles is 1. The first-order valence-electron chi connectivity index (χ1n) is 12.2. The van der Waals surface area contributed by atoms with Crippen LogP contribution < -0.4 is 0 Å². The molecule has 1 amide bonds. The van der Waals surface area contributed by atoms with E-state index in [1.54, 1.807) is 24.0 Å². The molecule has 0 radical (unpaired) electrons. The van der Waals surface area contributed by atoms with Gasteiger partial charge in [-0.05, 0) is 70.6 Å². The minimum absolute atomic E-state index is 0.0792. The van der Waals surface area contributed by atoms with E-state index in [1.165, 1.54) is 11.6 Å². The summed E-state index contributed by atoms with van der Waals surface area (Å²) in [7, 11) is 0. The fourth-order valence-corrected chi connectivity index (χ4v) is 5.86. The number of amides is 1. The van der Waals surface area contributed by atoms with E-state index in [0.717, 1.165) is 36.2 Å². The lowest BCUT2D eigenvalue weighted by atomic mass is 9.95. The van der Waals surface area contributed by atoms with Gasteiger partial charge in [-0.2, -0.15) is 5.26 Å². The van der Waals surface area contributed by atoms with Crippen LogP contribution in [0.25, 0.3) is 5.69 Å². The third-order valence-electron chi connectivity index (χ3n) is 7.84. The molecule has 0 unspecified atom stereocenters. The van der Waals surface area contributed by atoms with E-state index in [4.69, 9.17) is 4.74 Å². The molecule has 0 bridgehead atoms. The molecule has 2 aromatic carbocycles. The third kappa shape index (κ3) is 3.85. The van der Waals surface area contributed by atoms with Crippen molar-refractivity contribution in [2.24, 2.45) is 0 Å². The highest BCUT2D eigenvalue weighted by molar-refractivity contribution is 5.85. The van der Waals surface area contributed by atoms with Gasteiger partial charge in [0.05, 0.1) is 35.9 Å². The Morgan fingerprint density at radius 3 is 2.86 bits per heavy atom. The maximum Gasteiger partial charge on any atom is 0.230 e. The monoisotopic (exact) mass is 487 g/mol. The topological polar surface area (TPSA) is 100 Å². The van der Waals surface area contributed by atoms with Gasteiger partial charge in [0.1, 0.15) is 18.2 Å². The lowest BCUT2D eigenvalue weighted by Gasteiger charge is -2.46. The summed E-state index contributed by atoms with van der Waals surface area (Å²) in [4.78, 5) is 17.9. The Morgan fingerprint density at radius 2 is 2.06 bits per heavy atom. The van der Waals surface area contributed by atoms with Gasteiger partial charge in [-0.3, -0.25) is 9.69 Å². The molecule has 2 aliphatic heterocycles. The molecule has 0 N–H and O–H groups in total. The van der Waals surface area contributed by atoms with Crippen LogP contribution in [-0.2, 0) is 16.0 Å². The largest absolute Gasteiger partial charge is 0.370 e. The van der Waals surface area contributed by atoms with Crippen LogP contribution in [0.15, 0.2) is 36.7 Å². The zero-order chi connectivity index (χ0) is 24.8. The van der Waals surface area contributed by atoms with Crippen molar-refractivity contribution in [1.29, 1.82) is 5.26 Å². The van der Waals surface area contributed by atoms with Crippen molar-refractivity contribution in [2.75, 3.05) is 32.8 Å². The molecule has 1 aromatic heterocycles. The molecule has 3 atom stereocenters. The summed E-state index contributed by atoms with van der Waals surface area (Å²) in [6, 6.07) is 11.2. The number of morpholine rings is 1. The predicted molar refractivity (Wildman–Crippen MR) is 127 cm³/mol. The number of nitrogens with zero attached hydrogens (tertiary/aromatic N) is 7. The number of aromatic nitrogens is 4. The van der Waals surface area contributed by atoms with Crippen LogP contribution in [-0.4, -0.2) is 74.7 Å². The van der Waals surface area contributed by atoms with Crippen molar-refractivity contribution in [3.63, 3.8) is 0 Å². The van der Waals surface area contributed by atoms with Gasteiger partial charge in [0.25, 0.3) is 0 Å². The lowest BCUT2D eigenvalue weighted by molar-refractivity contribution is -0.141. The van der Waals surface area contributed by atoms with Crippen LogP contribution in [0.5, 0.6) is 0 Å². The first-order valence-corrected chi connectivity index (χ1v) is 12.2.